The molecule has 0 aliphatic rings. The summed E-state index contributed by atoms with van der Waals surface area (Å²) in [5.41, 5.74) is 4.26. The molecule has 0 aliphatic carbocycles. The fraction of sp³-hybridized carbons (Fsp3) is 0.200. The van der Waals surface area contributed by atoms with Crippen molar-refractivity contribution in [3.8, 4) is 0 Å². The second kappa shape index (κ2) is 6.59. The molecule has 0 radical (unpaired) electrons. The second-order valence-corrected chi connectivity index (χ2v) is 3.69. The summed E-state index contributed by atoms with van der Waals surface area (Å²) in [5, 5.41) is 0. The van der Waals surface area contributed by atoms with E-state index in [0.29, 0.717) is 0 Å². The Morgan fingerprint density at radius 1 is 1.29 bits per heavy atom. The summed E-state index contributed by atoms with van der Waals surface area (Å²) in [5.74, 6) is 0. The highest BCUT2D eigenvalue weighted by Crippen LogP contribution is 2.14. The Morgan fingerprint density at radius 3 is 2.59 bits per heavy atom. The van der Waals surface area contributed by atoms with Gasteiger partial charge in [0.15, 0.2) is 0 Å². The summed E-state index contributed by atoms with van der Waals surface area (Å²) >= 11 is 0. The normalized spacial score (nSPS) is 13.1. The van der Waals surface area contributed by atoms with Gasteiger partial charge in [-0.05, 0) is 31.9 Å². The Kier molecular flexibility index (Phi) is 5.08. The molecule has 1 aromatic rings. The average Bonchev–Trinajstić information content (AvgIpc) is 2.34. The molecule has 0 saturated carbocycles. The van der Waals surface area contributed by atoms with Crippen LogP contribution in [0.2, 0.25) is 0 Å². The van der Waals surface area contributed by atoms with Gasteiger partial charge in [-0.25, -0.2) is 0 Å². The number of nitrogens with zero attached hydrogens (tertiary/aromatic N) is 2. The molecule has 88 valence electrons. The summed E-state index contributed by atoms with van der Waals surface area (Å²) < 4.78 is 0. The molecule has 2 heteroatoms. The third-order valence-electron chi connectivity index (χ3n) is 2.41. The van der Waals surface area contributed by atoms with E-state index in [1.165, 1.54) is 5.56 Å². The van der Waals surface area contributed by atoms with Gasteiger partial charge in [0.25, 0.3) is 0 Å². The lowest BCUT2D eigenvalue weighted by Gasteiger charge is -2.08. The maximum Gasteiger partial charge on any atom is 0.0748 e. The zero-order valence-corrected chi connectivity index (χ0v) is 10.6. The molecule has 0 aliphatic heterocycles. The Labute approximate surface area is 103 Å². The van der Waals surface area contributed by atoms with E-state index in [2.05, 4.69) is 35.6 Å². The van der Waals surface area contributed by atoms with Gasteiger partial charge in [0.1, 0.15) is 0 Å². The van der Waals surface area contributed by atoms with Crippen LogP contribution < -0.4 is 0 Å². The van der Waals surface area contributed by atoms with Crippen LogP contribution in [-0.4, -0.2) is 11.9 Å². The SMILES string of the molecule is C=CN=C(/C(C)=C\N=CC)c1ccccc1C. The lowest BCUT2D eigenvalue weighted by Crippen LogP contribution is -2.04. The van der Waals surface area contributed by atoms with E-state index < -0.39 is 0 Å². The highest BCUT2D eigenvalue weighted by Gasteiger charge is 2.07. The summed E-state index contributed by atoms with van der Waals surface area (Å²) in [6.45, 7) is 9.63. The minimum atomic E-state index is 0.920. The summed E-state index contributed by atoms with van der Waals surface area (Å²) in [4.78, 5) is 8.47. The van der Waals surface area contributed by atoms with Crippen LogP contribution >= 0.6 is 0 Å². The Morgan fingerprint density at radius 2 is 2.00 bits per heavy atom. The predicted molar refractivity (Wildman–Crippen MR) is 75.8 cm³/mol. The molecule has 2 nitrogen and oxygen atoms in total. The first-order valence-corrected chi connectivity index (χ1v) is 5.60. The molecule has 0 N–H and O–H groups in total. The quantitative estimate of drug-likeness (QED) is 0.695. The van der Waals surface area contributed by atoms with Gasteiger partial charge in [0, 0.05) is 24.2 Å². The van der Waals surface area contributed by atoms with Crippen LogP contribution in [0.3, 0.4) is 0 Å². The largest absolute Gasteiger partial charge is 0.269 e. The number of benzene rings is 1. The molecule has 0 fully saturated rings. The third-order valence-corrected chi connectivity index (χ3v) is 2.41. The lowest BCUT2D eigenvalue weighted by atomic mass is 9.99. The van der Waals surface area contributed by atoms with Gasteiger partial charge in [-0.1, -0.05) is 30.8 Å². The number of hydrogen-bond acceptors (Lipinski definition) is 2. The second-order valence-electron chi connectivity index (χ2n) is 3.69. The van der Waals surface area contributed by atoms with E-state index >= 15 is 0 Å². The fourth-order valence-corrected chi connectivity index (χ4v) is 1.56. The molecular weight excluding hydrogens is 208 g/mol. The first-order chi connectivity index (χ1) is 8.20. The van der Waals surface area contributed by atoms with E-state index in [4.69, 9.17) is 0 Å². The minimum absolute atomic E-state index is 0.920. The Bertz CT molecular complexity index is 479. The van der Waals surface area contributed by atoms with Gasteiger partial charge in [-0.3, -0.25) is 9.98 Å². The van der Waals surface area contributed by atoms with Crippen LogP contribution in [0.5, 0.6) is 0 Å². The highest BCUT2D eigenvalue weighted by molar-refractivity contribution is 6.13. The molecule has 0 heterocycles. The molecule has 0 saturated heterocycles. The molecule has 0 spiro atoms. The summed E-state index contributed by atoms with van der Waals surface area (Å²) in [6, 6.07) is 8.17. The molecule has 0 atom stereocenters. The number of aryl methyl sites for hydroxylation is 1. The van der Waals surface area contributed by atoms with Crippen molar-refractivity contribution >= 4 is 11.9 Å². The zero-order valence-electron chi connectivity index (χ0n) is 10.6. The highest BCUT2D eigenvalue weighted by atomic mass is 14.7. The molecule has 0 aromatic heterocycles. The van der Waals surface area contributed by atoms with Crippen LogP contribution in [0, 0.1) is 6.92 Å². The molecule has 1 aromatic carbocycles. The van der Waals surface area contributed by atoms with Gasteiger partial charge in [-0.2, -0.15) is 0 Å². The van der Waals surface area contributed by atoms with Crippen molar-refractivity contribution in [2.24, 2.45) is 9.98 Å². The fourth-order valence-electron chi connectivity index (χ4n) is 1.56. The number of rotatable bonds is 4. The lowest BCUT2D eigenvalue weighted by molar-refractivity contribution is 1.38. The van der Waals surface area contributed by atoms with Crippen LogP contribution in [0.25, 0.3) is 0 Å². The summed E-state index contributed by atoms with van der Waals surface area (Å²) in [6.07, 6.45) is 5.14. The van der Waals surface area contributed by atoms with Crippen molar-refractivity contribution in [1.29, 1.82) is 0 Å². The van der Waals surface area contributed by atoms with E-state index in [1.54, 1.807) is 12.4 Å². The molecule has 0 unspecified atom stereocenters. The Hall–Kier alpha value is -1.96. The number of hydrogen-bond donors (Lipinski definition) is 0. The first kappa shape index (κ1) is 13.1. The average molecular weight is 226 g/mol. The number of aliphatic imine (C=N–C) groups is 2. The standard InChI is InChI=1S/C15H18N2/c1-5-16-11-13(4)15(17-6-2)14-10-8-7-9-12(14)3/h5-11H,2H2,1,3-4H3/b13-11-,16-5?,17-15?. The topological polar surface area (TPSA) is 24.7 Å². The molecule has 1 rings (SSSR count). The van der Waals surface area contributed by atoms with Crippen molar-refractivity contribution in [2.45, 2.75) is 20.8 Å². The zero-order chi connectivity index (χ0) is 12.7. The van der Waals surface area contributed by atoms with Crippen molar-refractivity contribution in [3.05, 3.63) is 59.9 Å². The van der Waals surface area contributed by atoms with Crippen molar-refractivity contribution in [1.82, 2.24) is 0 Å². The van der Waals surface area contributed by atoms with Crippen LogP contribution in [0.4, 0.5) is 0 Å². The monoisotopic (exact) mass is 226 g/mol. The maximum atomic E-state index is 4.35. The molecule has 0 amide bonds. The van der Waals surface area contributed by atoms with Gasteiger partial charge in [-0.15, -0.1) is 0 Å². The van der Waals surface area contributed by atoms with E-state index in [-0.39, 0.29) is 0 Å². The van der Waals surface area contributed by atoms with Gasteiger partial charge < -0.3 is 0 Å². The predicted octanol–water partition coefficient (Wildman–Crippen LogP) is 3.92. The van der Waals surface area contributed by atoms with Gasteiger partial charge >= 0.3 is 0 Å². The smallest absolute Gasteiger partial charge is 0.0748 e. The van der Waals surface area contributed by atoms with E-state index in [1.807, 2.05) is 32.2 Å². The van der Waals surface area contributed by atoms with Crippen molar-refractivity contribution in [2.75, 3.05) is 0 Å². The maximum absolute atomic E-state index is 4.35. The van der Waals surface area contributed by atoms with Crippen molar-refractivity contribution < 1.29 is 0 Å². The van der Waals surface area contributed by atoms with Gasteiger partial charge in [0.05, 0.1) is 5.71 Å². The van der Waals surface area contributed by atoms with Crippen molar-refractivity contribution in [3.63, 3.8) is 0 Å². The number of allylic oxidation sites excluding steroid dienone is 1. The van der Waals surface area contributed by atoms with E-state index in [0.717, 1.165) is 16.8 Å². The Balaban J connectivity index is 3.25. The molecule has 0 bridgehead atoms. The summed E-state index contributed by atoms with van der Waals surface area (Å²) in [7, 11) is 0. The van der Waals surface area contributed by atoms with E-state index in [9.17, 15) is 0 Å². The van der Waals surface area contributed by atoms with Crippen LogP contribution in [0.1, 0.15) is 25.0 Å². The molecule has 17 heavy (non-hydrogen) atoms. The van der Waals surface area contributed by atoms with Crippen LogP contribution in [0.15, 0.2) is 58.8 Å². The first-order valence-electron chi connectivity index (χ1n) is 5.60. The third kappa shape index (κ3) is 3.52. The van der Waals surface area contributed by atoms with Gasteiger partial charge in [0.2, 0.25) is 0 Å². The van der Waals surface area contributed by atoms with Crippen LogP contribution in [-0.2, 0) is 0 Å². The minimum Gasteiger partial charge on any atom is -0.269 e. The molecular formula is C15H18N2.